The van der Waals surface area contributed by atoms with Crippen molar-refractivity contribution in [2.45, 2.75) is 19.4 Å². The predicted molar refractivity (Wildman–Crippen MR) is 109 cm³/mol. The van der Waals surface area contributed by atoms with Gasteiger partial charge in [-0.15, -0.1) is 0 Å². The summed E-state index contributed by atoms with van der Waals surface area (Å²) in [6, 6.07) is 15.2. The van der Waals surface area contributed by atoms with Crippen LogP contribution in [0.15, 0.2) is 53.0 Å². The minimum absolute atomic E-state index is 0.0507. The van der Waals surface area contributed by atoms with Gasteiger partial charge in [0.05, 0.1) is 24.3 Å². The van der Waals surface area contributed by atoms with Crippen molar-refractivity contribution in [3.8, 4) is 0 Å². The van der Waals surface area contributed by atoms with Crippen LogP contribution in [0.5, 0.6) is 0 Å². The van der Waals surface area contributed by atoms with Crippen LogP contribution in [-0.4, -0.2) is 37.0 Å². The molecule has 142 valence electrons. The van der Waals surface area contributed by atoms with Crippen LogP contribution in [0, 0.1) is 5.92 Å². The molecular formula is C21H23BrN2O3. The summed E-state index contributed by atoms with van der Waals surface area (Å²) in [6.07, 6.45) is 1.83. The van der Waals surface area contributed by atoms with Gasteiger partial charge in [0.1, 0.15) is 0 Å². The van der Waals surface area contributed by atoms with Gasteiger partial charge in [-0.3, -0.25) is 9.69 Å². The molecule has 27 heavy (non-hydrogen) atoms. The summed E-state index contributed by atoms with van der Waals surface area (Å²) in [5.74, 6) is -0.604. The van der Waals surface area contributed by atoms with Gasteiger partial charge >= 0.3 is 5.97 Å². The molecule has 1 N–H and O–H groups in total. The second-order valence-electron chi connectivity index (χ2n) is 6.73. The van der Waals surface area contributed by atoms with E-state index in [9.17, 15) is 9.59 Å². The number of benzene rings is 2. The van der Waals surface area contributed by atoms with E-state index in [0.717, 1.165) is 30.4 Å². The molecule has 0 spiro atoms. The molecule has 1 fully saturated rings. The number of nitrogens with one attached hydrogen (secondary N) is 1. The molecule has 1 amide bonds. The fourth-order valence-corrected chi connectivity index (χ4v) is 3.87. The number of hydrogen-bond acceptors (Lipinski definition) is 4. The summed E-state index contributed by atoms with van der Waals surface area (Å²) in [4.78, 5) is 27.0. The van der Waals surface area contributed by atoms with Crippen LogP contribution in [0.2, 0.25) is 0 Å². The number of ether oxygens (including phenoxy) is 1. The molecule has 1 heterocycles. The predicted octanol–water partition coefficient (Wildman–Crippen LogP) is 4.09. The van der Waals surface area contributed by atoms with Crippen LogP contribution in [-0.2, 0) is 16.1 Å². The van der Waals surface area contributed by atoms with E-state index in [1.165, 1.54) is 12.7 Å². The average molecular weight is 431 g/mol. The standard InChI is InChI=1S/C21H23BrN2O3/c1-27-21(26)18-9-2-3-10-19(18)23-20(25)16-7-5-11-24(14-16)13-15-6-4-8-17(22)12-15/h2-4,6,8-10,12,16H,5,7,11,13-14H2,1H3,(H,23,25). The summed E-state index contributed by atoms with van der Waals surface area (Å²) in [7, 11) is 1.34. The van der Waals surface area contributed by atoms with Gasteiger partial charge in [-0.05, 0) is 49.2 Å². The van der Waals surface area contributed by atoms with Crippen LogP contribution >= 0.6 is 15.9 Å². The van der Waals surface area contributed by atoms with Crippen molar-refractivity contribution in [3.05, 3.63) is 64.1 Å². The van der Waals surface area contributed by atoms with Gasteiger partial charge in [0.25, 0.3) is 0 Å². The lowest BCUT2D eigenvalue weighted by molar-refractivity contribution is -0.121. The van der Waals surface area contributed by atoms with Gasteiger partial charge in [-0.2, -0.15) is 0 Å². The molecule has 2 aromatic carbocycles. The molecule has 0 bridgehead atoms. The first-order chi connectivity index (χ1) is 13.1. The number of rotatable bonds is 5. The number of piperidine rings is 1. The number of para-hydroxylation sites is 1. The summed E-state index contributed by atoms with van der Waals surface area (Å²) in [6.45, 7) is 2.51. The van der Waals surface area contributed by atoms with Crippen molar-refractivity contribution in [2.75, 3.05) is 25.5 Å². The second-order valence-corrected chi connectivity index (χ2v) is 7.65. The van der Waals surface area contributed by atoms with Gasteiger partial charge in [-0.25, -0.2) is 4.79 Å². The molecule has 1 saturated heterocycles. The highest BCUT2D eigenvalue weighted by Gasteiger charge is 2.26. The van der Waals surface area contributed by atoms with Crippen LogP contribution < -0.4 is 5.32 Å². The number of nitrogens with zero attached hydrogens (tertiary/aromatic N) is 1. The maximum Gasteiger partial charge on any atom is 0.339 e. The summed E-state index contributed by atoms with van der Waals surface area (Å²) < 4.78 is 5.86. The van der Waals surface area contributed by atoms with Crippen molar-refractivity contribution in [2.24, 2.45) is 5.92 Å². The number of hydrogen-bond donors (Lipinski definition) is 1. The van der Waals surface area contributed by atoms with E-state index < -0.39 is 5.97 Å². The Bertz CT molecular complexity index is 825. The molecule has 1 aliphatic rings. The molecule has 3 rings (SSSR count). The van der Waals surface area contributed by atoms with Crippen molar-refractivity contribution in [1.82, 2.24) is 4.90 Å². The van der Waals surface area contributed by atoms with Gasteiger partial charge in [0.2, 0.25) is 5.91 Å². The number of carbonyl (C=O) groups excluding carboxylic acids is 2. The third kappa shape index (κ3) is 5.17. The molecule has 1 unspecified atom stereocenters. The van der Waals surface area contributed by atoms with E-state index >= 15 is 0 Å². The molecule has 1 aliphatic heterocycles. The molecule has 0 aromatic heterocycles. The monoisotopic (exact) mass is 430 g/mol. The fraction of sp³-hybridized carbons (Fsp3) is 0.333. The quantitative estimate of drug-likeness (QED) is 0.725. The Morgan fingerprint density at radius 1 is 1.22 bits per heavy atom. The third-order valence-electron chi connectivity index (χ3n) is 4.76. The Kier molecular flexibility index (Phi) is 6.63. The van der Waals surface area contributed by atoms with Crippen LogP contribution in [0.1, 0.15) is 28.8 Å². The molecule has 5 nitrogen and oxygen atoms in total. The highest BCUT2D eigenvalue weighted by molar-refractivity contribution is 9.10. The lowest BCUT2D eigenvalue weighted by atomic mass is 9.96. The van der Waals surface area contributed by atoms with Crippen molar-refractivity contribution in [1.29, 1.82) is 0 Å². The first kappa shape index (κ1) is 19.6. The summed E-state index contributed by atoms with van der Waals surface area (Å²) in [5.41, 5.74) is 2.09. The molecule has 1 atom stereocenters. The average Bonchev–Trinajstić information content (AvgIpc) is 2.68. The lowest BCUT2D eigenvalue weighted by Gasteiger charge is -2.32. The van der Waals surface area contributed by atoms with E-state index in [-0.39, 0.29) is 11.8 Å². The smallest absolute Gasteiger partial charge is 0.339 e. The molecule has 0 saturated carbocycles. The van der Waals surface area contributed by atoms with E-state index in [4.69, 9.17) is 4.74 Å². The Hall–Kier alpha value is -2.18. The fourth-order valence-electron chi connectivity index (χ4n) is 3.42. The lowest BCUT2D eigenvalue weighted by Crippen LogP contribution is -2.40. The largest absolute Gasteiger partial charge is 0.465 e. The Morgan fingerprint density at radius 3 is 2.81 bits per heavy atom. The minimum Gasteiger partial charge on any atom is -0.465 e. The SMILES string of the molecule is COC(=O)c1ccccc1NC(=O)C1CCCN(Cc2cccc(Br)c2)C1. The maximum absolute atomic E-state index is 12.8. The zero-order chi connectivity index (χ0) is 19.2. The Morgan fingerprint density at radius 2 is 2.04 bits per heavy atom. The number of anilines is 1. The number of methoxy groups -OCH3 is 1. The zero-order valence-corrected chi connectivity index (χ0v) is 16.9. The van der Waals surface area contributed by atoms with E-state index in [1.54, 1.807) is 24.3 Å². The van der Waals surface area contributed by atoms with Crippen molar-refractivity contribution in [3.63, 3.8) is 0 Å². The van der Waals surface area contributed by atoms with Gasteiger partial charge in [0.15, 0.2) is 0 Å². The second kappa shape index (κ2) is 9.15. The van der Waals surface area contributed by atoms with Crippen LogP contribution in [0.4, 0.5) is 5.69 Å². The van der Waals surface area contributed by atoms with Gasteiger partial charge < -0.3 is 10.1 Å². The van der Waals surface area contributed by atoms with E-state index in [1.807, 2.05) is 12.1 Å². The van der Waals surface area contributed by atoms with E-state index in [0.29, 0.717) is 17.8 Å². The molecule has 6 heteroatoms. The maximum atomic E-state index is 12.8. The zero-order valence-electron chi connectivity index (χ0n) is 15.3. The van der Waals surface area contributed by atoms with E-state index in [2.05, 4.69) is 38.3 Å². The first-order valence-electron chi connectivity index (χ1n) is 9.02. The summed E-state index contributed by atoms with van der Waals surface area (Å²) in [5, 5.41) is 2.92. The summed E-state index contributed by atoms with van der Waals surface area (Å²) >= 11 is 3.50. The highest BCUT2D eigenvalue weighted by Crippen LogP contribution is 2.23. The highest BCUT2D eigenvalue weighted by atomic mass is 79.9. The number of carbonyl (C=O) groups is 2. The van der Waals surface area contributed by atoms with Gasteiger partial charge in [-0.1, -0.05) is 40.2 Å². The first-order valence-corrected chi connectivity index (χ1v) is 9.81. The normalized spacial score (nSPS) is 17.3. The number of amides is 1. The molecule has 2 aromatic rings. The Balaban J connectivity index is 1.64. The third-order valence-corrected chi connectivity index (χ3v) is 5.26. The molecular weight excluding hydrogens is 408 g/mol. The van der Waals surface area contributed by atoms with Crippen molar-refractivity contribution < 1.29 is 14.3 Å². The Labute approximate surface area is 167 Å². The number of halogens is 1. The topological polar surface area (TPSA) is 58.6 Å². The van der Waals surface area contributed by atoms with Crippen LogP contribution in [0.25, 0.3) is 0 Å². The van der Waals surface area contributed by atoms with Crippen LogP contribution in [0.3, 0.4) is 0 Å². The number of likely N-dealkylation sites (tertiary alicyclic amines) is 1. The molecule has 0 aliphatic carbocycles. The molecule has 0 radical (unpaired) electrons. The van der Waals surface area contributed by atoms with Gasteiger partial charge in [0, 0.05) is 17.6 Å². The minimum atomic E-state index is -0.453. The van der Waals surface area contributed by atoms with Crippen molar-refractivity contribution >= 4 is 33.5 Å². The number of esters is 1.